The van der Waals surface area contributed by atoms with Crippen molar-refractivity contribution in [2.45, 2.75) is 38.8 Å². The van der Waals surface area contributed by atoms with Gasteiger partial charge in [0, 0.05) is 29.6 Å². The lowest BCUT2D eigenvalue weighted by atomic mass is 9.91. The molecule has 2 rings (SSSR count). The highest BCUT2D eigenvalue weighted by Crippen LogP contribution is 2.35. The normalized spacial score (nSPS) is 25.4. The molecule has 3 nitrogen and oxygen atoms in total. The number of halogens is 1. The number of nitrogens with two attached hydrogens (primary N) is 1. The van der Waals surface area contributed by atoms with Crippen LogP contribution in [0.2, 0.25) is 0 Å². The Labute approximate surface area is 130 Å². The molecule has 112 valence electrons. The number of nitrogens with zero attached hydrogens (tertiary/aromatic N) is 1. The third-order valence-electron chi connectivity index (χ3n) is 4.35. The zero-order valence-electron chi connectivity index (χ0n) is 12.6. The summed E-state index contributed by atoms with van der Waals surface area (Å²) in [4.78, 5) is 2.55. The molecule has 1 saturated heterocycles. The molecule has 0 spiro atoms. The second kappa shape index (κ2) is 6.92. The predicted molar refractivity (Wildman–Crippen MR) is 87.1 cm³/mol. The fraction of sp³-hybridized carbons (Fsp3) is 0.625. The first-order valence-electron chi connectivity index (χ1n) is 7.36. The molecule has 1 aromatic rings. The van der Waals surface area contributed by atoms with Crippen LogP contribution in [0.1, 0.15) is 38.3 Å². The van der Waals surface area contributed by atoms with E-state index in [1.807, 2.05) is 6.07 Å². The zero-order chi connectivity index (χ0) is 14.7. The third-order valence-corrected chi connectivity index (χ3v) is 5.07. The molecule has 3 atom stereocenters. The van der Waals surface area contributed by atoms with Gasteiger partial charge in [0.25, 0.3) is 0 Å². The highest BCUT2D eigenvalue weighted by Gasteiger charge is 2.30. The molecule has 20 heavy (non-hydrogen) atoms. The Hall–Kier alpha value is -0.580. The van der Waals surface area contributed by atoms with Gasteiger partial charge in [0.2, 0.25) is 0 Å². The summed E-state index contributed by atoms with van der Waals surface area (Å²) in [5.41, 5.74) is 7.33. The molecular formula is C16H25BrN2O. The molecule has 0 saturated carbocycles. The average molecular weight is 341 g/mol. The van der Waals surface area contributed by atoms with Crippen LogP contribution in [0.3, 0.4) is 0 Å². The summed E-state index contributed by atoms with van der Waals surface area (Å²) < 4.78 is 6.47. The quantitative estimate of drug-likeness (QED) is 0.910. The predicted octanol–water partition coefficient (Wildman–Crippen LogP) is 3.58. The van der Waals surface area contributed by atoms with E-state index in [9.17, 15) is 0 Å². The molecule has 1 heterocycles. The lowest BCUT2D eigenvalue weighted by molar-refractivity contribution is 0.0794. The number of rotatable bonds is 4. The first-order valence-corrected chi connectivity index (χ1v) is 8.15. The largest absolute Gasteiger partial charge is 0.497 e. The van der Waals surface area contributed by atoms with Gasteiger partial charge in [0.1, 0.15) is 5.75 Å². The fourth-order valence-electron chi connectivity index (χ4n) is 3.10. The summed E-state index contributed by atoms with van der Waals surface area (Å²) in [6.07, 6.45) is 2.56. The van der Waals surface area contributed by atoms with Crippen LogP contribution in [0, 0.1) is 5.92 Å². The van der Waals surface area contributed by atoms with E-state index in [4.69, 9.17) is 10.5 Å². The van der Waals surface area contributed by atoms with E-state index < -0.39 is 0 Å². The Kier molecular flexibility index (Phi) is 5.47. The number of hydrogen-bond acceptors (Lipinski definition) is 3. The second-order valence-corrected chi connectivity index (χ2v) is 6.72. The van der Waals surface area contributed by atoms with Crippen molar-refractivity contribution in [2.75, 3.05) is 20.2 Å². The van der Waals surface area contributed by atoms with Crippen LogP contribution in [0.5, 0.6) is 5.75 Å². The van der Waals surface area contributed by atoms with Gasteiger partial charge in [-0.1, -0.05) is 22.9 Å². The van der Waals surface area contributed by atoms with Gasteiger partial charge in [0.15, 0.2) is 0 Å². The van der Waals surface area contributed by atoms with E-state index in [2.05, 4.69) is 46.8 Å². The van der Waals surface area contributed by atoms with Crippen molar-refractivity contribution in [3.63, 3.8) is 0 Å². The first kappa shape index (κ1) is 15.8. The molecule has 4 heteroatoms. The van der Waals surface area contributed by atoms with Crippen LogP contribution in [0.15, 0.2) is 22.7 Å². The Morgan fingerprint density at radius 1 is 1.40 bits per heavy atom. The van der Waals surface area contributed by atoms with Crippen molar-refractivity contribution in [1.29, 1.82) is 0 Å². The number of piperidine rings is 1. The van der Waals surface area contributed by atoms with Crippen molar-refractivity contribution in [1.82, 2.24) is 4.90 Å². The minimum atomic E-state index is 0.247. The zero-order valence-corrected chi connectivity index (χ0v) is 14.2. The van der Waals surface area contributed by atoms with Crippen LogP contribution in [0.4, 0.5) is 0 Å². The standard InChI is InChI=1S/C16H25BrN2O/c1-11-4-5-12(2)19(10-11)16(9-18)14-8-13(20-3)6-7-15(14)17/h6-8,11-12,16H,4-5,9-10,18H2,1-3H3. The average Bonchev–Trinajstić information content (AvgIpc) is 2.45. The highest BCUT2D eigenvalue weighted by atomic mass is 79.9. The first-order chi connectivity index (χ1) is 9.56. The van der Waals surface area contributed by atoms with Crippen LogP contribution < -0.4 is 10.5 Å². The maximum Gasteiger partial charge on any atom is 0.119 e. The molecule has 1 aromatic carbocycles. The van der Waals surface area contributed by atoms with Crippen molar-refractivity contribution < 1.29 is 4.74 Å². The molecular weight excluding hydrogens is 316 g/mol. The topological polar surface area (TPSA) is 38.5 Å². The van der Waals surface area contributed by atoms with Gasteiger partial charge in [-0.3, -0.25) is 4.90 Å². The van der Waals surface area contributed by atoms with Gasteiger partial charge in [-0.15, -0.1) is 0 Å². The maximum absolute atomic E-state index is 6.10. The van der Waals surface area contributed by atoms with E-state index in [1.165, 1.54) is 18.4 Å². The molecule has 1 fully saturated rings. The number of likely N-dealkylation sites (tertiary alicyclic amines) is 1. The van der Waals surface area contributed by atoms with E-state index in [1.54, 1.807) is 7.11 Å². The summed E-state index contributed by atoms with van der Waals surface area (Å²) in [5.74, 6) is 1.63. The van der Waals surface area contributed by atoms with Gasteiger partial charge in [-0.2, -0.15) is 0 Å². The molecule has 0 amide bonds. The number of hydrogen-bond donors (Lipinski definition) is 1. The SMILES string of the molecule is COc1ccc(Br)c(C(CN)N2CC(C)CCC2C)c1. The number of benzene rings is 1. The second-order valence-electron chi connectivity index (χ2n) is 5.87. The summed E-state index contributed by atoms with van der Waals surface area (Å²) in [6, 6.07) is 6.96. The van der Waals surface area contributed by atoms with Gasteiger partial charge >= 0.3 is 0 Å². The molecule has 1 aliphatic heterocycles. The molecule has 1 aliphatic rings. The third kappa shape index (κ3) is 3.35. The van der Waals surface area contributed by atoms with Crippen LogP contribution in [-0.4, -0.2) is 31.1 Å². The van der Waals surface area contributed by atoms with Gasteiger partial charge in [0.05, 0.1) is 7.11 Å². The van der Waals surface area contributed by atoms with Crippen molar-refractivity contribution >= 4 is 15.9 Å². The van der Waals surface area contributed by atoms with Crippen molar-refractivity contribution in [2.24, 2.45) is 11.7 Å². The summed E-state index contributed by atoms with van der Waals surface area (Å²) in [7, 11) is 1.70. The van der Waals surface area contributed by atoms with E-state index in [-0.39, 0.29) is 6.04 Å². The highest BCUT2D eigenvalue weighted by molar-refractivity contribution is 9.10. The smallest absolute Gasteiger partial charge is 0.119 e. The maximum atomic E-state index is 6.10. The minimum Gasteiger partial charge on any atom is -0.497 e. The molecule has 0 aliphatic carbocycles. The lowest BCUT2D eigenvalue weighted by Gasteiger charge is -2.42. The summed E-state index contributed by atoms with van der Waals surface area (Å²) in [5, 5.41) is 0. The van der Waals surface area contributed by atoms with Gasteiger partial charge in [-0.05, 0) is 49.4 Å². The fourth-order valence-corrected chi connectivity index (χ4v) is 3.61. The summed E-state index contributed by atoms with van der Waals surface area (Å²) >= 11 is 3.66. The molecule has 3 unspecified atom stereocenters. The Morgan fingerprint density at radius 2 is 2.15 bits per heavy atom. The molecule has 0 radical (unpaired) electrons. The Morgan fingerprint density at radius 3 is 2.80 bits per heavy atom. The number of methoxy groups -OCH3 is 1. The summed E-state index contributed by atoms with van der Waals surface area (Å²) in [6.45, 7) is 6.38. The Balaban J connectivity index is 2.31. The monoisotopic (exact) mass is 340 g/mol. The molecule has 2 N–H and O–H groups in total. The van der Waals surface area contributed by atoms with E-state index >= 15 is 0 Å². The van der Waals surface area contributed by atoms with Crippen LogP contribution in [-0.2, 0) is 0 Å². The van der Waals surface area contributed by atoms with Crippen LogP contribution in [0.25, 0.3) is 0 Å². The lowest BCUT2D eigenvalue weighted by Crippen LogP contribution is -2.45. The van der Waals surface area contributed by atoms with Gasteiger partial charge in [-0.25, -0.2) is 0 Å². The van der Waals surface area contributed by atoms with Crippen LogP contribution >= 0.6 is 15.9 Å². The number of ether oxygens (including phenoxy) is 1. The van der Waals surface area contributed by atoms with E-state index in [0.717, 1.165) is 22.7 Å². The van der Waals surface area contributed by atoms with Crippen molar-refractivity contribution in [3.8, 4) is 5.75 Å². The van der Waals surface area contributed by atoms with Gasteiger partial charge < -0.3 is 10.5 Å². The molecule has 0 bridgehead atoms. The molecule has 0 aromatic heterocycles. The Bertz CT molecular complexity index is 452. The van der Waals surface area contributed by atoms with E-state index in [0.29, 0.717) is 12.6 Å². The minimum absolute atomic E-state index is 0.247. The van der Waals surface area contributed by atoms with Crippen molar-refractivity contribution in [3.05, 3.63) is 28.2 Å².